The van der Waals surface area contributed by atoms with E-state index in [0.29, 0.717) is 18.1 Å². The lowest BCUT2D eigenvalue weighted by Crippen LogP contribution is -2.43. The molecule has 1 fully saturated rings. The van der Waals surface area contributed by atoms with Gasteiger partial charge in [0.15, 0.2) is 0 Å². The zero-order valence-corrected chi connectivity index (χ0v) is 12.6. The minimum absolute atomic E-state index is 0.323. The van der Waals surface area contributed by atoms with Crippen molar-refractivity contribution in [3.63, 3.8) is 0 Å². The normalized spacial score (nSPS) is 25.3. The van der Waals surface area contributed by atoms with E-state index in [4.69, 9.17) is 4.74 Å². The summed E-state index contributed by atoms with van der Waals surface area (Å²) in [5, 5.41) is 3.55. The van der Waals surface area contributed by atoms with Crippen LogP contribution in [0.1, 0.15) is 25.8 Å². The number of hydrogen-bond acceptors (Lipinski definition) is 3. The molecule has 0 spiro atoms. The fourth-order valence-corrected chi connectivity index (χ4v) is 3.03. The molecule has 18 heavy (non-hydrogen) atoms. The van der Waals surface area contributed by atoms with Gasteiger partial charge < -0.3 is 10.1 Å². The molecule has 3 nitrogen and oxygen atoms in total. The molecule has 100 valence electrons. The van der Waals surface area contributed by atoms with Gasteiger partial charge in [-0.1, -0.05) is 13.8 Å². The first-order valence-electron chi connectivity index (χ1n) is 6.65. The third-order valence-corrected chi connectivity index (χ3v) is 3.96. The molecule has 0 amide bonds. The highest BCUT2D eigenvalue weighted by molar-refractivity contribution is 9.10. The molecule has 1 saturated heterocycles. The van der Waals surface area contributed by atoms with Crippen molar-refractivity contribution in [2.75, 3.05) is 13.2 Å². The number of likely N-dealkylation sites (N-methyl/N-ethyl adjacent to an activating group) is 1. The molecule has 2 rings (SSSR count). The van der Waals surface area contributed by atoms with Gasteiger partial charge in [-0.25, -0.2) is 0 Å². The van der Waals surface area contributed by atoms with Gasteiger partial charge in [0.05, 0.1) is 6.10 Å². The van der Waals surface area contributed by atoms with Crippen LogP contribution in [0.2, 0.25) is 0 Å². The Labute approximate surface area is 117 Å². The highest BCUT2D eigenvalue weighted by Gasteiger charge is 2.31. The van der Waals surface area contributed by atoms with E-state index in [1.165, 1.54) is 12.0 Å². The number of ether oxygens (including phenoxy) is 1. The number of halogens is 1. The summed E-state index contributed by atoms with van der Waals surface area (Å²) in [7, 11) is 0. The summed E-state index contributed by atoms with van der Waals surface area (Å²) in [4.78, 5) is 4.23. The number of nitrogens with one attached hydrogen (secondary N) is 1. The Bertz CT molecular complexity index is 386. The van der Waals surface area contributed by atoms with Gasteiger partial charge in [-0.15, -0.1) is 0 Å². The van der Waals surface area contributed by atoms with Gasteiger partial charge in [0, 0.05) is 29.5 Å². The maximum atomic E-state index is 5.89. The fourth-order valence-electron chi connectivity index (χ4n) is 2.62. The van der Waals surface area contributed by atoms with E-state index in [1.807, 2.05) is 12.4 Å². The van der Waals surface area contributed by atoms with Crippen LogP contribution >= 0.6 is 15.9 Å². The molecule has 3 unspecified atom stereocenters. The van der Waals surface area contributed by atoms with Crippen LogP contribution in [0.4, 0.5) is 0 Å². The number of hydrogen-bond donors (Lipinski definition) is 1. The summed E-state index contributed by atoms with van der Waals surface area (Å²) in [6.45, 7) is 6.29. The van der Waals surface area contributed by atoms with E-state index in [2.05, 4.69) is 46.1 Å². The predicted molar refractivity (Wildman–Crippen MR) is 76.6 cm³/mol. The van der Waals surface area contributed by atoms with Crippen molar-refractivity contribution < 1.29 is 4.74 Å². The molecule has 3 atom stereocenters. The Morgan fingerprint density at radius 2 is 2.39 bits per heavy atom. The van der Waals surface area contributed by atoms with Gasteiger partial charge in [-0.2, -0.15) is 0 Å². The molecule has 1 aromatic heterocycles. The van der Waals surface area contributed by atoms with Crippen molar-refractivity contribution in [2.45, 2.75) is 38.8 Å². The Hall–Kier alpha value is -0.450. The third kappa shape index (κ3) is 3.53. The fraction of sp³-hybridized carbons (Fsp3) is 0.643. The van der Waals surface area contributed by atoms with E-state index in [-0.39, 0.29) is 0 Å². The molecular weight excluding hydrogens is 292 g/mol. The number of pyridine rings is 1. The topological polar surface area (TPSA) is 34.2 Å². The van der Waals surface area contributed by atoms with Gasteiger partial charge >= 0.3 is 0 Å². The van der Waals surface area contributed by atoms with Crippen LogP contribution in [0.25, 0.3) is 0 Å². The Morgan fingerprint density at radius 3 is 3.00 bits per heavy atom. The quantitative estimate of drug-likeness (QED) is 0.908. The van der Waals surface area contributed by atoms with Crippen LogP contribution in [-0.2, 0) is 11.2 Å². The average Bonchev–Trinajstić information content (AvgIpc) is 2.75. The lowest BCUT2D eigenvalue weighted by atomic mass is 9.93. The number of rotatable bonds is 5. The zero-order valence-electron chi connectivity index (χ0n) is 11.0. The van der Waals surface area contributed by atoms with Crippen molar-refractivity contribution in [1.29, 1.82) is 0 Å². The summed E-state index contributed by atoms with van der Waals surface area (Å²) in [6, 6.07) is 2.51. The second-order valence-electron chi connectivity index (χ2n) is 4.98. The van der Waals surface area contributed by atoms with Gasteiger partial charge in [0.1, 0.15) is 0 Å². The standard InChI is InChI=1S/C14H21BrN2O/c1-3-17-13(14-10(2)4-5-18-14)7-11-6-12(15)9-16-8-11/h6,8-10,13-14,17H,3-5,7H2,1-2H3. The largest absolute Gasteiger partial charge is 0.376 e. The van der Waals surface area contributed by atoms with Crippen LogP contribution in [0.15, 0.2) is 22.9 Å². The summed E-state index contributed by atoms with van der Waals surface area (Å²) < 4.78 is 6.93. The lowest BCUT2D eigenvalue weighted by Gasteiger charge is -2.27. The molecule has 2 heterocycles. The summed E-state index contributed by atoms with van der Waals surface area (Å²) in [5.41, 5.74) is 1.25. The Kier molecular flexibility index (Phi) is 5.15. The van der Waals surface area contributed by atoms with Crippen LogP contribution < -0.4 is 5.32 Å². The van der Waals surface area contributed by atoms with Crippen molar-refractivity contribution in [3.05, 3.63) is 28.5 Å². The number of aromatic nitrogens is 1. The average molecular weight is 313 g/mol. The minimum Gasteiger partial charge on any atom is -0.376 e. The van der Waals surface area contributed by atoms with Crippen molar-refractivity contribution in [3.8, 4) is 0 Å². The molecule has 1 aliphatic rings. The third-order valence-electron chi connectivity index (χ3n) is 3.52. The van der Waals surface area contributed by atoms with E-state index in [1.54, 1.807) is 0 Å². The van der Waals surface area contributed by atoms with Crippen molar-refractivity contribution in [2.24, 2.45) is 5.92 Å². The monoisotopic (exact) mass is 312 g/mol. The summed E-state index contributed by atoms with van der Waals surface area (Å²) in [6.07, 6.45) is 6.22. The van der Waals surface area contributed by atoms with Crippen LogP contribution in [0, 0.1) is 5.92 Å². The van der Waals surface area contributed by atoms with Gasteiger partial charge in [0.25, 0.3) is 0 Å². The summed E-state index contributed by atoms with van der Waals surface area (Å²) in [5.74, 6) is 0.633. The van der Waals surface area contributed by atoms with Crippen LogP contribution in [0.3, 0.4) is 0 Å². The lowest BCUT2D eigenvalue weighted by molar-refractivity contribution is 0.0615. The first kappa shape index (κ1) is 14.0. The molecule has 0 aliphatic carbocycles. The molecule has 0 saturated carbocycles. The molecule has 1 aromatic rings. The molecule has 0 bridgehead atoms. The molecule has 0 aromatic carbocycles. The van der Waals surface area contributed by atoms with Gasteiger partial charge in [-0.05, 0) is 52.9 Å². The summed E-state index contributed by atoms with van der Waals surface area (Å²) >= 11 is 3.47. The van der Waals surface area contributed by atoms with Crippen LogP contribution in [-0.4, -0.2) is 30.3 Å². The smallest absolute Gasteiger partial charge is 0.0757 e. The van der Waals surface area contributed by atoms with Crippen molar-refractivity contribution in [1.82, 2.24) is 10.3 Å². The Morgan fingerprint density at radius 1 is 1.56 bits per heavy atom. The van der Waals surface area contributed by atoms with E-state index in [0.717, 1.165) is 24.0 Å². The van der Waals surface area contributed by atoms with E-state index < -0.39 is 0 Å². The first-order valence-corrected chi connectivity index (χ1v) is 7.44. The Balaban J connectivity index is 2.06. The predicted octanol–water partition coefficient (Wildman–Crippen LogP) is 2.79. The second kappa shape index (κ2) is 6.64. The van der Waals surface area contributed by atoms with E-state index in [9.17, 15) is 0 Å². The molecule has 0 radical (unpaired) electrons. The minimum atomic E-state index is 0.323. The number of nitrogens with zero attached hydrogens (tertiary/aromatic N) is 1. The SMILES string of the molecule is CCNC(Cc1cncc(Br)c1)C1OCCC1C. The van der Waals surface area contributed by atoms with Crippen LogP contribution in [0.5, 0.6) is 0 Å². The zero-order chi connectivity index (χ0) is 13.0. The van der Waals surface area contributed by atoms with Gasteiger partial charge in [-0.3, -0.25) is 4.98 Å². The van der Waals surface area contributed by atoms with Crippen molar-refractivity contribution >= 4 is 15.9 Å². The van der Waals surface area contributed by atoms with Gasteiger partial charge in [0.2, 0.25) is 0 Å². The molecule has 1 aliphatic heterocycles. The highest BCUT2D eigenvalue weighted by Crippen LogP contribution is 2.25. The maximum Gasteiger partial charge on any atom is 0.0757 e. The molecule has 1 N–H and O–H groups in total. The molecular formula is C14H21BrN2O. The highest BCUT2D eigenvalue weighted by atomic mass is 79.9. The van der Waals surface area contributed by atoms with E-state index >= 15 is 0 Å². The first-order chi connectivity index (χ1) is 8.70. The maximum absolute atomic E-state index is 5.89. The second-order valence-corrected chi connectivity index (χ2v) is 5.90. The molecule has 4 heteroatoms.